The second-order valence-electron chi connectivity index (χ2n) is 3.32. The van der Waals surface area contributed by atoms with Crippen LogP contribution in [0.3, 0.4) is 0 Å². The van der Waals surface area contributed by atoms with Crippen molar-refractivity contribution in [3.05, 3.63) is 28.8 Å². The van der Waals surface area contributed by atoms with Crippen molar-refractivity contribution in [1.29, 1.82) is 0 Å². The molecule has 74 valence electrons. The van der Waals surface area contributed by atoms with Crippen LogP contribution in [-0.2, 0) is 11.3 Å². The van der Waals surface area contributed by atoms with E-state index in [0.717, 1.165) is 0 Å². The molecule has 0 aliphatic carbocycles. The second kappa shape index (κ2) is 2.99. The number of fused-ring (bicyclic) bond motifs is 1. The van der Waals surface area contributed by atoms with Gasteiger partial charge in [-0.2, -0.15) is 0 Å². The minimum absolute atomic E-state index is 0.00273. The summed E-state index contributed by atoms with van der Waals surface area (Å²) >= 11 is 0. The molecule has 0 saturated heterocycles. The first kappa shape index (κ1) is 9.02. The van der Waals surface area contributed by atoms with E-state index >= 15 is 0 Å². The molecular formula is C10H10O4. The molecule has 2 N–H and O–H groups in total. The molecule has 0 bridgehead atoms. The fourth-order valence-corrected chi connectivity index (χ4v) is 1.51. The Kier molecular flexibility index (Phi) is 1.93. The minimum atomic E-state index is -0.798. The van der Waals surface area contributed by atoms with Crippen LogP contribution < -0.4 is 0 Å². The van der Waals surface area contributed by atoms with Crippen molar-refractivity contribution in [3.8, 4) is 5.75 Å². The normalized spacial score (nSPS) is 16.3. The van der Waals surface area contributed by atoms with Crippen molar-refractivity contribution in [2.45, 2.75) is 19.6 Å². The third kappa shape index (κ3) is 1.24. The number of benzene rings is 1. The molecule has 14 heavy (non-hydrogen) atoms. The summed E-state index contributed by atoms with van der Waals surface area (Å²) in [5.74, 6) is -0.404. The Morgan fingerprint density at radius 2 is 2.21 bits per heavy atom. The van der Waals surface area contributed by atoms with E-state index < -0.39 is 12.1 Å². The fourth-order valence-electron chi connectivity index (χ4n) is 1.51. The maximum Gasteiger partial charge on any atom is 0.338 e. The molecule has 0 amide bonds. The van der Waals surface area contributed by atoms with Crippen LogP contribution in [0.2, 0.25) is 0 Å². The van der Waals surface area contributed by atoms with Crippen LogP contribution in [0.25, 0.3) is 0 Å². The summed E-state index contributed by atoms with van der Waals surface area (Å²) in [5.41, 5.74) is 1.44. The molecule has 0 saturated carbocycles. The Morgan fingerprint density at radius 1 is 1.50 bits per heavy atom. The molecule has 1 heterocycles. The number of carbonyl (C=O) groups is 1. The van der Waals surface area contributed by atoms with Gasteiger partial charge in [0.2, 0.25) is 0 Å². The van der Waals surface area contributed by atoms with Crippen molar-refractivity contribution < 1.29 is 19.7 Å². The average Bonchev–Trinajstić information content (AvgIpc) is 2.46. The van der Waals surface area contributed by atoms with Crippen LogP contribution in [0.4, 0.5) is 0 Å². The number of carbonyl (C=O) groups excluding carboxylic acids is 1. The average molecular weight is 194 g/mol. The topological polar surface area (TPSA) is 66.8 Å². The molecule has 0 spiro atoms. The Morgan fingerprint density at radius 3 is 2.86 bits per heavy atom. The highest BCUT2D eigenvalue weighted by Gasteiger charge is 2.24. The van der Waals surface area contributed by atoms with Gasteiger partial charge in [0.05, 0.1) is 11.7 Å². The number of ether oxygens (including phenoxy) is 1. The maximum atomic E-state index is 11.2. The molecule has 4 heteroatoms. The molecule has 0 aromatic heterocycles. The van der Waals surface area contributed by atoms with Gasteiger partial charge in [0, 0.05) is 11.1 Å². The number of phenolic OH excluding ortho intramolecular Hbond substituents is 1. The summed E-state index contributed by atoms with van der Waals surface area (Å²) in [7, 11) is 0. The van der Waals surface area contributed by atoms with Gasteiger partial charge >= 0.3 is 5.97 Å². The van der Waals surface area contributed by atoms with Gasteiger partial charge in [0.15, 0.2) is 0 Å². The predicted molar refractivity (Wildman–Crippen MR) is 47.9 cm³/mol. The molecule has 1 atom stereocenters. The first-order valence-electron chi connectivity index (χ1n) is 4.30. The SMILES string of the molecule is CC(O)c1cc2c(cc1O)COC2=O. The molecule has 1 aliphatic heterocycles. The van der Waals surface area contributed by atoms with Gasteiger partial charge in [-0.15, -0.1) is 0 Å². The third-order valence-corrected chi connectivity index (χ3v) is 2.28. The van der Waals surface area contributed by atoms with Crippen LogP contribution >= 0.6 is 0 Å². The zero-order valence-corrected chi connectivity index (χ0v) is 7.65. The smallest absolute Gasteiger partial charge is 0.338 e. The highest BCUT2D eigenvalue weighted by Crippen LogP contribution is 2.31. The van der Waals surface area contributed by atoms with E-state index in [-0.39, 0.29) is 12.4 Å². The lowest BCUT2D eigenvalue weighted by Gasteiger charge is -2.08. The van der Waals surface area contributed by atoms with Gasteiger partial charge in [-0.25, -0.2) is 4.79 Å². The first-order chi connectivity index (χ1) is 6.59. The number of hydrogen-bond acceptors (Lipinski definition) is 4. The molecule has 1 aromatic rings. The summed E-state index contributed by atoms with van der Waals surface area (Å²) < 4.78 is 4.78. The lowest BCUT2D eigenvalue weighted by molar-refractivity contribution is 0.0535. The molecular weight excluding hydrogens is 184 g/mol. The largest absolute Gasteiger partial charge is 0.508 e. The van der Waals surface area contributed by atoms with Crippen molar-refractivity contribution in [2.24, 2.45) is 0 Å². The van der Waals surface area contributed by atoms with Crippen molar-refractivity contribution in [1.82, 2.24) is 0 Å². The second-order valence-corrected chi connectivity index (χ2v) is 3.32. The van der Waals surface area contributed by atoms with Gasteiger partial charge < -0.3 is 14.9 Å². The lowest BCUT2D eigenvalue weighted by atomic mass is 10.0. The number of phenols is 1. The highest BCUT2D eigenvalue weighted by molar-refractivity contribution is 5.93. The van der Waals surface area contributed by atoms with E-state index in [0.29, 0.717) is 16.7 Å². The Labute approximate surface area is 80.7 Å². The van der Waals surface area contributed by atoms with Gasteiger partial charge in [-0.1, -0.05) is 0 Å². The maximum absolute atomic E-state index is 11.2. The highest BCUT2D eigenvalue weighted by atomic mass is 16.5. The van der Waals surface area contributed by atoms with Crippen LogP contribution in [0.15, 0.2) is 12.1 Å². The number of aliphatic hydroxyl groups is 1. The van der Waals surface area contributed by atoms with Crippen LogP contribution in [-0.4, -0.2) is 16.2 Å². The summed E-state index contributed by atoms with van der Waals surface area (Å²) in [6.07, 6.45) is -0.798. The summed E-state index contributed by atoms with van der Waals surface area (Å²) in [5, 5.41) is 18.8. The van der Waals surface area contributed by atoms with Crippen molar-refractivity contribution in [3.63, 3.8) is 0 Å². The lowest BCUT2D eigenvalue weighted by Crippen LogP contribution is -1.98. The number of rotatable bonds is 1. The molecule has 1 aromatic carbocycles. The zero-order chi connectivity index (χ0) is 10.3. The summed E-state index contributed by atoms with van der Waals surface area (Å²) in [6, 6.07) is 2.94. The molecule has 1 unspecified atom stereocenters. The molecule has 4 nitrogen and oxygen atoms in total. The van der Waals surface area contributed by atoms with E-state index in [2.05, 4.69) is 0 Å². The van der Waals surface area contributed by atoms with Gasteiger partial charge in [-0.3, -0.25) is 0 Å². The minimum Gasteiger partial charge on any atom is -0.508 e. The van der Waals surface area contributed by atoms with Gasteiger partial charge in [0.25, 0.3) is 0 Å². The number of cyclic esters (lactones) is 1. The van der Waals surface area contributed by atoms with Gasteiger partial charge in [-0.05, 0) is 19.1 Å². The monoisotopic (exact) mass is 194 g/mol. The number of aliphatic hydroxyl groups excluding tert-OH is 1. The predicted octanol–water partition coefficient (Wildman–Crippen LogP) is 1.12. The van der Waals surface area contributed by atoms with Crippen molar-refractivity contribution in [2.75, 3.05) is 0 Å². The molecule has 0 radical (unpaired) electrons. The molecule has 1 aliphatic rings. The van der Waals surface area contributed by atoms with Crippen molar-refractivity contribution >= 4 is 5.97 Å². The van der Waals surface area contributed by atoms with Crippen LogP contribution in [0.5, 0.6) is 5.75 Å². The van der Waals surface area contributed by atoms with E-state index in [9.17, 15) is 15.0 Å². The number of aromatic hydroxyl groups is 1. The zero-order valence-electron chi connectivity index (χ0n) is 7.65. The van der Waals surface area contributed by atoms with E-state index in [1.165, 1.54) is 19.1 Å². The molecule has 2 rings (SSSR count). The Hall–Kier alpha value is -1.55. The van der Waals surface area contributed by atoms with E-state index in [1.807, 2.05) is 0 Å². The Bertz CT molecular complexity index is 395. The number of hydrogen-bond donors (Lipinski definition) is 2. The van der Waals surface area contributed by atoms with E-state index in [4.69, 9.17) is 4.74 Å². The van der Waals surface area contributed by atoms with E-state index in [1.54, 1.807) is 0 Å². The number of esters is 1. The van der Waals surface area contributed by atoms with Gasteiger partial charge in [0.1, 0.15) is 12.4 Å². The first-order valence-corrected chi connectivity index (χ1v) is 4.30. The standard InChI is InChI=1S/C10H10O4/c1-5(11)7-3-8-6(2-9(7)12)4-14-10(8)13/h2-3,5,11-12H,4H2,1H3. The summed E-state index contributed by atoms with van der Waals surface area (Å²) in [4.78, 5) is 11.2. The Balaban J connectivity index is 2.57. The third-order valence-electron chi connectivity index (χ3n) is 2.28. The fraction of sp³-hybridized carbons (Fsp3) is 0.300. The quantitative estimate of drug-likeness (QED) is 0.657. The van der Waals surface area contributed by atoms with Crippen LogP contribution in [0.1, 0.15) is 34.5 Å². The summed E-state index contributed by atoms with van der Waals surface area (Å²) in [6.45, 7) is 1.73. The molecule has 0 fully saturated rings. The van der Waals surface area contributed by atoms with Crippen LogP contribution in [0, 0.1) is 0 Å².